The summed E-state index contributed by atoms with van der Waals surface area (Å²) in [5.74, 6) is 0.879. The molecule has 0 aromatic carbocycles. The normalized spacial score (nSPS) is 12.9. The first-order chi connectivity index (χ1) is 8.65. The van der Waals surface area contributed by atoms with E-state index >= 15 is 0 Å². The van der Waals surface area contributed by atoms with E-state index in [4.69, 9.17) is 0 Å². The van der Waals surface area contributed by atoms with E-state index in [1.807, 2.05) is 35.5 Å². The second-order valence-electron chi connectivity index (χ2n) is 4.40. The summed E-state index contributed by atoms with van der Waals surface area (Å²) in [4.78, 5) is 4.24. The molecule has 1 unspecified atom stereocenters. The number of hydrogen-bond acceptors (Lipinski definition) is 3. The lowest BCUT2D eigenvalue weighted by molar-refractivity contribution is 0.163. The highest BCUT2D eigenvalue weighted by Crippen LogP contribution is 2.19. The van der Waals surface area contributed by atoms with Gasteiger partial charge in [-0.25, -0.2) is 4.98 Å². The smallest absolute Gasteiger partial charge is 0.111 e. The predicted molar refractivity (Wildman–Crippen MR) is 69.2 cm³/mol. The summed E-state index contributed by atoms with van der Waals surface area (Å²) in [5, 5.41) is 14.8. The molecule has 0 amide bonds. The standard InChI is InChI=1S/C13H20N4O/c1-4-10-8-11(17(5-2)15-10)12(18)9-13-14-6-7-16(13)3/h6-8,12,18H,4-5,9H2,1-3H3. The van der Waals surface area contributed by atoms with Gasteiger partial charge in [0.1, 0.15) is 11.9 Å². The van der Waals surface area contributed by atoms with Gasteiger partial charge in [-0.15, -0.1) is 0 Å². The maximum absolute atomic E-state index is 10.3. The van der Waals surface area contributed by atoms with Crippen LogP contribution in [0.15, 0.2) is 18.5 Å². The molecular weight excluding hydrogens is 228 g/mol. The molecule has 5 nitrogen and oxygen atoms in total. The fourth-order valence-corrected chi connectivity index (χ4v) is 2.05. The monoisotopic (exact) mass is 248 g/mol. The highest BCUT2D eigenvalue weighted by Gasteiger charge is 2.17. The number of aryl methyl sites for hydroxylation is 3. The Labute approximate surface area is 107 Å². The van der Waals surface area contributed by atoms with Crippen molar-refractivity contribution in [2.45, 2.75) is 39.3 Å². The van der Waals surface area contributed by atoms with E-state index in [-0.39, 0.29) is 0 Å². The van der Waals surface area contributed by atoms with E-state index < -0.39 is 6.10 Å². The molecule has 0 bridgehead atoms. The SMILES string of the molecule is CCc1cc(C(O)Cc2nccn2C)n(CC)n1. The highest BCUT2D eigenvalue weighted by atomic mass is 16.3. The summed E-state index contributed by atoms with van der Waals surface area (Å²) in [5.41, 5.74) is 1.89. The van der Waals surface area contributed by atoms with Gasteiger partial charge in [-0.2, -0.15) is 5.10 Å². The molecule has 98 valence electrons. The Balaban J connectivity index is 2.20. The molecule has 0 fully saturated rings. The quantitative estimate of drug-likeness (QED) is 0.872. The van der Waals surface area contributed by atoms with E-state index in [0.29, 0.717) is 6.42 Å². The van der Waals surface area contributed by atoms with E-state index in [1.165, 1.54) is 0 Å². The van der Waals surface area contributed by atoms with E-state index in [1.54, 1.807) is 6.20 Å². The van der Waals surface area contributed by atoms with E-state index in [9.17, 15) is 5.11 Å². The van der Waals surface area contributed by atoms with Gasteiger partial charge in [0.25, 0.3) is 0 Å². The number of aliphatic hydroxyl groups is 1. The molecular formula is C13H20N4O. The average molecular weight is 248 g/mol. The molecule has 0 saturated heterocycles. The fraction of sp³-hybridized carbons (Fsp3) is 0.538. The van der Waals surface area contributed by atoms with Crippen molar-refractivity contribution in [1.29, 1.82) is 0 Å². The van der Waals surface area contributed by atoms with Gasteiger partial charge < -0.3 is 9.67 Å². The maximum atomic E-state index is 10.3. The lowest BCUT2D eigenvalue weighted by Gasteiger charge is -2.12. The number of nitrogens with zero attached hydrogens (tertiary/aromatic N) is 4. The molecule has 0 saturated carbocycles. The molecule has 0 aliphatic carbocycles. The van der Waals surface area contributed by atoms with Crippen LogP contribution in [-0.4, -0.2) is 24.4 Å². The number of aliphatic hydroxyl groups excluding tert-OH is 1. The summed E-state index contributed by atoms with van der Waals surface area (Å²) in [6.07, 6.45) is 4.47. The summed E-state index contributed by atoms with van der Waals surface area (Å²) < 4.78 is 3.79. The van der Waals surface area contributed by atoms with Gasteiger partial charge in [-0.05, 0) is 19.4 Å². The molecule has 1 N–H and O–H groups in total. The van der Waals surface area contributed by atoms with Crippen LogP contribution in [0.4, 0.5) is 0 Å². The number of rotatable bonds is 5. The van der Waals surface area contributed by atoms with Crippen molar-refractivity contribution in [2.75, 3.05) is 0 Å². The Morgan fingerprint density at radius 1 is 1.39 bits per heavy atom. The largest absolute Gasteiger partial charge is 0.386 e. The van der Waals surface area contributed by atoms with Crippen molar-refractivity contribution in [2.24, 2.45) is 7.05 Å². The molecule has 0 aliphatic heterocycles. The van der Waals surface area contributed by atoms with Gasteiger partial charge in [0.05, 0.1) is 11.4 Å². The third-order valence-corrected chi connectivity index (χ3v) is 3.16. The highest BCUT2D eigenvalue weighted by molar-refractivity contribution is 5.14. The van der Waals surface area contributed by atoms with Crippen molar-refractivity contribution in [3.63, 3.8) is 0 Å². The second-order valence-corrected chi connectivity index (χ2v) is 4.40. The molecule has 5 heteroatoms. The van der Waals surface area contributed by atoms with Crippen LogP contribution < -0.4 is 0 Å². The van der Waals surface area contributed by atoms with Crippen LogP contribution in [0.25, 0.3) is 0 Å². The van der Waals surface area contributed by atoms with Crippen molar-refractivity contribution >= 4 is 0 Å². The zero-order valence-electron chi connectivity index (χ0n) is 11.2. The minimum absolute atomic E-state index is 0.512. The molecule has 0 spiro atoms. The predicted octanol–water partition coefficient (Wildman–Crippen LogP) is 1.47. The average Bonchev–Trinajstić information content (AvgIpc) is 2.96. The van der Waals surface area contributed by atoms with Crippen molar-refractivity contribution in [3.05, 3.63) is 35.7 Å². The number of imidazole rings is 1. The lowest BCUT2D eigenvalue weighted by Crippen LogP contribution is -2.12. The summed E-state index contributed by atoms with van der Waals surface area (Å²) in [7, 11) is 1.93. The Morgan fingerprint density at radius 2 is 2.17 bits per heavy atom. The Bertz CT molecular complexity index is 515. The maximum Gasteiger partial charge on any atom is 0.111 e. The van der Waals surface area contributed by atoms with Crippen LogP contribution in [0.1, 0.15) is 37.2 Å². The third kappa shape index (κ3) is 2.46. The molecule has 2 aromatic heterocycles. The third-order valence-electron chi connectivity index (χ3n) is 3.16. The first kappa shape index (κ1) is 12.8. The zero-order chi connectivity index (χ0) is 13.1. The molecule has 18 heavy (non-hydrogen) atoms. The molecule has 1 atom stereocenters. The van der Waals surface area contributed by atoms with Crippen molar-refractivity contribution in [1.82, 2.24) is 19.3 Å². The second kappa shape index (κ2) is 5.35. The van der Waals surface area contributed by atoms with Gasteiger partial charge in [-0.1, -0.05) is 6.92 Å². The van der Waals surface area contributed by atoms with Crippen molar-refractivity contribution < 1.29 is 5.11 Å². The van der Waals surface area contributed by atoms with Gasteiger partial charge >= 0.3 is 0 Å². The van der Waals surface area contributed by atoms with Gasteiger partial charge in [0.2, 0.25) is 0 Å². The van der Waals surface area contributed by atoms with Crippen LogP contribution in [0.5, 0.6) is 0 Å². The van der Waals surface area contributed by atoms with E-state index in [0.717, 1.165) is 30.2 Å². The van der Waals surface area contributed by atoms with Crippen LogP contribution in [0.2, 0.25) is 0 Å². The first-order valence-corrected chi connectivity index (χ1v) is 6.36. The van der Waals surface area contributed by atoms with Gasteiger partial charge in [-0.3, -0.25) is 4.68 Å². The lowest BCUT2D eigenvalue weighted by atomic mass is 10.1. The van der Waals surface area contributed by atoms with Gasteiger partial charge in [0.15, 0.2) is 0 Å². The molecule has 0 aliphatic rings. The molecule has 0 radical (unpaired) electrons. The Morgan fingerprint density at radius 3 is 2.72 bits per heavy atom. The summed E-state index contributed by atoms with van der Waals surface area (Å²) in [6, 6.07) is 1.98. The number of hydrogen-bond donors (Lipinski definition) is 1. The fourth-order valence-electron chi connectivity index (χ4n) is 2.05. The van der Waals surface area contributed by atoms with Crippen molar-refractivity contribution in [3.8, 4) is 0 Å². The van der Waals surface area contributed by atoms with Crippen LogP contribution in [0, 0.1) is 0 Å². The Kier molecular flexibility index (Phi) is 3.81. The summed E-state index contributed by atoms with van der Waals surface area (Å²) >= 11 is 0. The first-order valence-electron chi connectivity index (χ1n) is 6.36. The summed E-state index contributed by atoms with van der Waals surface area (Å²) in [6.45, 7) is 4.87. The Hall–Kier alpha value is -1.62. The molecule has 2 aromatic rings. The topological polar surface area (TPSA) is 55.9 Å². The van der Waals surface area contributed by atoms with Crippen LogP contribution in [0.3, 0.4) is 0 Å². The molecule has 2 heterocycles. The number of aromatic nitrogens is 4. The zero-order valence-corrected chi connectivity index (χ0v) is 11.2. The van der Waals surface area contributed by atoms with Gasteiger partial charge in [0, 0.05) is 32.4 Å². The van der Waals surface area contributed by atoms with Crippen LogP contribution in [-0.2, 0) is 26.4 Å². The van der Waals surface area contributed by atoms with E-state index in [2.05, 4.69) is 17.0 Å². The molecule has 2 rings (SSSR count). The van der Waals surface area contributed by atoms with Crippen LogP contribution >= 0.6 is 0 Å². The minimum Gasteiger partial charge on any atom is -0.386 e. The minimum atomic E-state index is -0.557.